The summed E-state index contributed by atoms with van der Waals surface area (Å²) in [5, 5.41) is 3.42. The van der Waals surface area contributed by atoms with Crippen molar-refractivity contribution in [2.45, 2.75) is 13.3 Å². The van der Waals surface area contributed by atoms with Crippen LogP contribution in [0.25, 0.3) is 16.3 Å². The molecular weight excluding hydrogens is 473 g/mol. The Morgan fingerprint density at radius 3 is 2.90 bits per heavy atom. The molecule has 0 spiro atoms. The molecule has 0 radical (unpaired) electrons. The van der Waals surface area contributed by atoms with Gasteiger partial charge in [0, 0.05) is 42.2 Å². The van der Waals surface area contributed by atoms with Crippen LogP contribution in [0, 0.1) is 6.92 Å². The van der Waals surface area contributed by atoms with E-state index >= 15 is 0 Å². The largest absolute Gasteiger partial charge is 0.379 e. The molecule has 1 saturated heterocycles. The van der Waals surface area contributed by atoms with Crippen molar-refractivity contribution >= 4 is 74.0 Å². The molecule has 1 fully saturated rings. The second-order valence-electron chi connectivity index (χ2n) is 7.21. The van der Waals surface area contributed by atoms with Gasteiger partial charge in [-0.25, -0.2) is 4.98 Å². The summed E-state index contributed by atoms with van der Waals surface area (Å²) in [4.78, 5) is 23.1. The van der Waals surface area contributed by atoms with Gasteiger partial charge >= 0.3 is 0 Å². The van der Waals surface area contributed by atoms with Gasteiger partial charge in [-0.2, -0.15) is 0 Å². The van der Waals surface area contributed by atoms with Crippen LogP contribution >= 0.6 is 46.7 Å². The van der Waals surface area contributed by atoms with Gasteiger partial charge < -0.3 is 4.74 Å². The zero-order chi connectivity index (χ0) is 20.9. The van der Waals surface area contributed by atoms with Gasteiger partial charge in [0.2, 0.25) is 0 Å². The Balaban J connectivity index is 0.00000272. The van der Waals surface area contributed by atoms with Crippen LogP contribution in [0.5, 0.6) is 0 Å². The van der Waals surface area contributed by atoms with Crippen molar-refractivity contribution in [3.8, 4) is 0 Å². The third-order valence-corrected chi connectivity index (χ3v) is 7.11. The molecule has 3 heterocycles. The predicted molar refractivity (Wildman–Crippen MR) is 134 cm³/mol. The average molecular weight is 499 g/mol. The number of ether oxygens (including phenoxy) is 1. The lowest BCUT2D eigenvalue weighted by Gasteiger charge is -2.27. The highest BCUT2D eigenvalue weighted by Gasteiger charge is 2.19. The number of thiophene rings is 1. The molecule has 0 N–H and O–H groups in total. The minimum Gasteiger partial charge on any atom is -0.379 e. The normalized spacial score (nSPS) is 14.8. The minimum absolute atomic E-state index is 0. The van der Waals surface area contributed by atoms with Crippen molar-refractivity contribution in [3.05, 3.63) is 51.2 Å². The monoisotopic (exact) mass is 497 g/mol. The molecule has 3 aromatic rings. The van der Waals surface area contributed by atoms with Crippen molar-refractivity contribution in [1.82, 2.24) is 9.88 Å². The molecule has 1 aliphatic rings. The molecule has 0 bridgehead atoms. The number of aromatic nitrogens is 1. The maximum absolute atomic E-state index is 13.1. The molecule has 166 valence electrons. The van der Waals surface area contributed by atoms with Crippen LogP contribution in [-0.4, -0.2) is 55.2 Å². The molecule has 1 aliphatic heterocycles. The first kappa shape index (κ1) is 24.2. The predicted octanol–water partition coefficient (Wildman–Crippen LogP) is 5.51. The zero-order valence-corrected chi connectivity index (χ0v) is 20.5. The molecule has 2 aromatic heterocycles. The number of anilines is 1. The van der Waals surface area contributed by atoms with E-state index in [1.807, 2.05) is 42.6 Å². The van der Waals surface area contributed by atoms with E-state index in [0.29, 0.717) is 11.6 Å². The van der Waals surface area contributed by atoms with Gasteiger partial charge in [0.05, 0.1) is 23.4 Å². The van der Waals surface area contributed by atoms with Crippen LogP contribution in [-0.2, 0) is 9.53 Å². The van der Waals surface area contributed by atoms with Crippen LogP contribution in [0.1, 0.15) is 16.9 Å². The number of benzene rings is 1. The Morgan fingerprint density at radius 1 is 1.35 bits per heavy atom. The highest BCUT2D eigenvalue weighted by molar-refractivity contribution is 7.22. The van der Waals surface area contributed by atoms with Gasteiger partial charge in [0.15, 0.2) is 5.13 Å². The lowest BCUT2D eigenvalue weighted by molar-refractivity contribution is -0.114. The van der Waals surface area contributed by atoms with Crippen LogP contribution in [0.3, 0.4) is 0 Å². The standard InChI is InChI=1S/C22H24ClN3O2S2.ClH/c1-16-14-17(23)15-19-21(16)24-22(30-19)26(8-3-7-25-9-11-28-12-10-25)20(27)6-5-18-4-2-13-29-18;/h2,4-6,13-15H,3,7-12H2,1H3;1H. The summed E-state index contributed by atoms with van der Waals surface area (Å²) in [6.07, 6.45) is 4.40. The highest BCUT2D eigenvalue weighted by atomic mass is 35.5. The molecule has 31 heavy (non-hydrogen) atoms. The van der Waals surface area contributed by atoms with E-state index in [2.05, 4.69) is 4.90 Å². The first-order valence-electron chi connectivity index (χ1n) is 10.00. The van der Waals surface area contributed by atoms with E-state index in [1.165, 1.54) is 11.3 Å². The van der Waals surface area contributed by atoms with Crippen LogP contribution < -0.4 is 4.90 Å². The lowest BCUT2D eigenvalue weighted by Crippen LogP contribution is -2.39. The second kappa shape index (κ2) is 11.4. The topological polar surface area (TPSA) is 45.7 Å². The number of hydrogen-bond donors (Lipinski definition) is 0. The number of thiazole rings is 1. The quantitative estimate of drug-likeness (QED) is 0.403. The summed E-state index contributed by atoms with van der Waals surface area (Å²) in [5.74, 6) is -0.0480. The minimum atomic E-state index is -0.0480. The van der Waals surface area contributed by atoms with Gasteiger partial charge in [-0.1, -0.05) is 29.0 Å². The molecule has 1 amide bonds. The summed E-state index contributed by atoms with van der Waals surface area (Å²) in [5.41, 5.74) is 1.93. The number of rotatable bonds is 7. The molecular formula is C22H25Cl2N3O2S2. The van der Waals surface area contributed by atoms with Crippen LogP contribution in [0.4, 0.5) is 5.13 Å². The summed E-state index contributed by atoms with van der Waals surface area (Å²) < 4.78 is 6.43. The number of carbonyl (C=O) groups excluding carboxylic acids is 1. The number of carbonyl (C=O) groups is 1. The molecule has 0 unspecified atom stereocenters. The van der Waals surface area contributed by atoms with Gasteiger partial charge in [0.25, 0.3) is 5.91 Å². The van der Waals surface area contributed by atoms with Crippen molar-refractivity contribution in [1.29, 1.82) is 0 Å². The van der Waals surface area contributed by atoms with E-state index in [1.54, 1.807) is 22.3 Å². The Bertz CT molecular complexity index is 1030. The molecule has 5 nitrogen and oxygen atoms in total. The Kier molecular flexibility index (Phi) is 8.89. The molecule has 9 heteroatoms. The smallest absolute Gasteiger partial charge is 0.252 e. The maximum atomic E-state index is 13.1. The molecule has 0 saturated carbocycles. The fourth-order valence-corrected chi connectivity index (χ4v) is 5.53. The van der Waals surface area contributed by atoms with Gasteiger partial charge in [-0.3, -0.25) is 14.6 Å². The van der Waals surface area contributed by atoms with Gasteiger partial charge in [0.1, 0.15) is 0 Å². The van der Waals surface area contributed by atoms with E-state index in [-0.39, 0.29) is 18.3 Å². The molecule has 0 aliphatic carbocycles. The van der Waals surface area contributed by atoms with Crippen LogP contribution in [0.15, 0.2) is 35.7 Å². The Hall–Kier alpha value is -1.48. The average Bonchev–Trinajstić information content (AvgIpc) is 3.40. The summed E-state index contributed by atoms with van der Waals surface area (Å²) >= 11 is 9.35. The maximum Gasteiger partial charge on any atom is 0.252 e. The first-order valence-corrected chi connectivity index (χ1v) is 12.1. The summed E-state index contributed by atoms with van der Waals surface area (Å²) in [6.45, 7) is 7.03. The zero-order valence-electron chi connectivity index (χ0n) is 17.3. The second-order valence-corrected chi connectivity index (χ2v) is 9.64. The van der Waals surface area contributed by atoms with E-state index < -0.39 is 0 Å². The Morgan fingerprint density at radius 2 is 2.16 bits per heavy atom. The lowest BCUT2D eigenvalue weighted by atomic mass is 10.2. The van der Waals surface area contributed by atoms with Crippen molar-refractivity contribution in [3.63, 3.8) is 0 Å². The van der Waals surface area contributed by atoms with E-state index in [9.17, 15) is 4.79 Å². The molecule has 4 rings (SSSR count). The third-order valence-electron chi connectivity index (χ3n) is 5.03. The van der Waals surface area contributed by atoms with Crippen LogP contribution in [0.2, 0.25) is 5.02 Å². The van der Waals surface area contributed by atoms with E-state index in [4.69, 9.17) is 21.3 Å². The van der Waals surface area contributed by atoms with E-state index in [0.717, 1.165) is 65.1 Å². The number of morpholine rings is 1. The number of hydrogen-bond acceptors (Lipinski definition) is 6. The van der Waals surface area contributed by atoms with Crippen molar-refractivity contribution < 1.29 is 9.53 Å². The fraction of sp³-hybridized carbons (Fsp3) is 0.364. The number of aryl methyl sites for hydroxylation is 1. The van der Waals surface area contributed by atoms with Gasteiger partial charge in [-0.05, 0) is 48.6 Å². The number of nitrogens with zero attached hydrogens (tertiary/aromatic N) is 3. The first-order chi connectivity index (χ1) is 14.6. The number of halogens is 2. The molecule has 1 aromatic carbocycles. The number of amides is 1. The highest BCUT2D eigenvalue weighted by Crippen LogP contribution is 2.33. The SMILES string of the molecule is Cc1cc(Cl)cc2sc(N(CCCN3CCOCC3)C(=O)C=Cc3cccs3)nc12.Cl. The summed E-state index contributed by atoms with van der Waals surface area (Å²) in [6, 6.07) is 7.81. The fourth-order valence-electron chi connectivity index (χ4n) is 3.46. The third kappa shape index (κ3) is 6.28. The Labute approximate surface area is 201 Å². The summed E-state index contributed by atoms with van der Waals surface area (Å²) in [7, 11) is 0. The number of fused-ring (bicyclic) bond motifs is 1. The van der Waals surface area contributed by atoms with Crippen molar-refractivity contribution in [2.75, 3.05) is 44.3 Å². The van der Waals surface area contributed by atoms with Crippen molar-refractivity contribution in [2.24, 2.45) is 0 Å². The van der Waals surface area contributed by atoms with Gasteiger partial charge in [-0.15, -0.1) is 23.7 Å². The molecule has 0 atom stereocenters.